The highest BCUT2D eigenvalue weighted by atomic mass is 16.5. The van der Waals surface area contributed by atoms with Gasteiger partial charge in [-0.1, -0.05) is 18.2 Å². The molecule has 0 bridgehead atoms. The number of para-hydroxylation sites is 1. The van der Waals surface area contributed by atoms with E-state index in [-0.39, 0.29) is 18.0 Å². The van der Waals surface area contributed by atoms with E-state index >= 15 is 0 Å². The molecular weight excluding hydrogens is 284 g/mol. The average Bonchev–Trinajstić information content (AvgIpc) is 2.90. The molecule has 0 aliphatic rings. The minimum absolute atomic E-state index is 0.0686. The number of ether oxygens (including phenoxy) is 1. The number of H-pyrrole nitrogens is 1. The lowest BCUT2D eigenvalue weighted by Crippen LogP contribution is -2.34. The van der Waals surface area contributed by atoms with Gasteiger partial charge in [0.05, 0.1) is 12.9 Å². The van der Waals surface area contributed by atoms with Gasteiger partial charge in [0, 0.05) is 24.6 Å². The maximum Gasteiger partial charge on any atom is 0.278 e. The molecule has 0 radical (unpaired) electrons. The Morgan fingerprint density at radius 2 is 2.23 bits per heavy atom. The fourth-order valence-corrected chi connectivity index (χ4v) is 2.36. The third-order valence-corrected chi connectivity index (χ3v) is 3.42. The maximum atomic E-state index is 12.5. The van der Waals surface area contributed by atoms with Gasteiger partial charge in [-0.25, -0.2) is 4.98 Å². The molecule has 0 spiro atoms. The first kappa shape index (κ1) is 14.3. The van der Waals surface area contributed by atoms with Crippen LogP contribution < -0.4 is 10.9 Å². The molecule has 0 aliphatic heterocycles. The molecule has 7 heteroatoms. The van der Waals surface area contributed by atoms with Crippen molar-refractivity contribution in [3.05, 3.63) is 40.9 Å². The number of amides is 1. The molecule has 3 aromatic rings. The molecule has 2 aromatic heterocycles. The Bertz CT molecular complexity index is 881. The van der Waals surface area contributed by atoms with Crippen molar-refractivity contribution in [1.82, 2.24) is 19.9 Å². The molecule has 1 aromatic carbocycles. The summed E-state index contributed by atoms with van der Waals surface area (Å²) in [6, 6.07) is 7.58. The van der Waals surface area contributed by atoms with E-state index in [0.717, 1.165) is 10.9 Å². The monoisotopic (exact) mass is 300 g/mol. The molecule has 3 rings (SSSR count). The minimum atomic E-state index is -0.261. The number of nitrogens with one attached hydrogen (secondary N) is 2. The first-order valence-electron chi connectivity index (χ1n) is 6.92. The van der Waals surface area contributed by atoms with Gasteiger partial charge < -0.3 is 15.0 Å². The Labute approximate surface area is 125 Å². The van der Waals surface area contributed by atoms with E-state index in [9.17, 15) is 9.59 Å². The summed E-state index contributed by atoms with van der Waals surface area (Å²) in [5.41, 5.74) is 1.62. The van der Waals surface area contributed by atoms with Gasteiger partial charge in [-0.15, -0.1) is 0 Å². The number of aromatic amines is 1. The van der Waals surface area contributed by atoms with E-state index in [1.165, 1.54) is 10.9 Å². The number of fused-ring (bicyclic) bond motifs is 3. The minimum Gasteiger partial charge on any atom is -0.383 e. The van der Waals surface area contributed by atoms with Crippen LogP contribution in [0.1, 0.15) is 0 Å². The summed E-state index contributed by atoms with van der Waals surface area (Å²) in [5.74, 6) is -0.253. The quantitative estimate of drug-likeness (QED) is 0.677. The smallest absolute Gasteiger partial charge is 0.278 e. The Morgan fingerprint density at radius 1 is 1.41 bits per heavy atom. The van der Waals surface area contributed by atoms with Crippen LogP contribution in [-0.2, 0) is 16.1 Å². The zero-order valence-corrected chi connectivity index (χ0v) is 12.1. The van der Waals surface area contributed by atoms with Crippen LogP contribution in [0, 0.1) is 0 Å². The zero-order chi connectivity index (χ0) is 15.5. The van der Waals surface area contributed by atoms with E-state index in [4.69, 9.17) is 4.74 Å². The number of rotatable bonds is 5. The number of hydrogen-bond acceptors (Lipinski definition) is 4. The Hall–Kier alpha value is -2.67. The second-order valence-electron chi connectivity index (χ2n) is 4.91. The van der Waals surface area contributed by atoms with Gasteiger partial charge in [0.1, 0.15) is 17.6 Å². The van der Waals surface area contributed by atoms with Crippen molar-refractivity contribution in [2.24, 2.45) is 0 Å². The predicted octanol–water partition coefficient (Wildman–Crippen LogP) is 0.640. The van der Waals surface area contributed by atoms with Gasteiger partial charge >= 0.3 is 0 Å². The molecule has 0 saturated heterocycles. The van der Waals surface area contributed by atoms with Gasteiger partial charge in [-0.05, 0) is 6.07 Å². The molecule has 22 heavy (non-hydrogen) atoms. The number of benzene rings is 1. The van der Waals surface area contributed by atoms with Crippen LogP contribution in [0.15, 0.2) is 35.4 Å². The average molecular weight is 300 g/mol. The first-order chi connectivity index (χ1) is 10.7. The molecule has 0 aliphatic carbocycles. The fourth-order valence-electron chi connectivity index (χ4n) is 2.36. The largest absolute Gasteiger partial charge is 0.383 e. The van der Waals surface area contributed by atoms with Crippen LogP contribution in [0.5, 0.6) is 0 Å². The predicted molar refractivity (Wildman–Crippen MR) is 82.7 cm³/mol. The molecule has 2 heterocycles. The highest BCUT2D eigenvalue weighted by molar-refractivity contribution is 6.04. The third-order valence-electron chi connectivity index (χ3n) is 3.42. The number of nitrogens with zero attached hydrogens (tertiary/aromatic N) is 2. The Morgan fingerprint density at radius 3 is 3.05 bits per heavy atom. The molecule has 1 amide bonds. The van der Waals surface area contributed by atoms with E-state index in [1.807, 2.05) is 24.3 Å². The second-order valence-corrected chi connectivity index (χ2v) is 4.91. The lowest BCUT2D eigenvalue weighted by Gasteiger charge is -2.06. The maximum absolute atomic E-state index is 12.5. The highest BCUT2D eigenvalue weighted by Crippen LogP contribution is 2.20. The van der Waals surface area contributed by atoms with Gasteiger partial charge in [-0.2, -0.15) is 0 Å². The highest BCUT2D eigenvalue weighted by Gasteiger charge is 2.12. The standard InChI is InChI=1S/C15H16N4O3/c1-22-7-6-16-12(20)8-19-9-17-13-10-4-2-3-5-11(10)18-14(13)15(19)21/h2-5,9,18H,6-8H2,1H3,(H,16,20). The van der Waals surface area contributed by atoms with E-state index in [2.05, 4.69) is 15.3 Å². The fraction of sp³-hybridized carbons (Fsp3) is 0.267. The zero-order valence-electron chi connectivity index (χ0n) is 12.1. The van der Waals surface area contributed by atoms with Gasteiger partial charge in [0.2, 0.25) is 5.91 Å². The van der Waals surface area contributed by atoms with E-state index in [0.29, 0.717) is 24.2 Å². The number of carbonyl (C=O) groups is 1. The Balaban J connectivity index is 1.92. The summed E-state index contributed by atoms with van der Waals surface area (Å²) >= 11 is 0. The van der Waals surface area contributed by atoms with Crippen LogP contribution in [-0.4, -0.2) is 40.7 Å². The van der Waals surface area contributed by atoms with Crippen molar-refractivity contribution in [3.63, 3.8) is 0 Å². The van der Waals surface area contributed by atoms with Crippen molar-refractivity contribution in [1.29, 1.82) is 0 Å². The summed E-state index contributed by atoms with van der Waals surface area (Å²) in [6.07, 6.45) is 1.40. The molecule has 0 unspecified atom stereocenters. The molecular formula is C15H16N4O3. The van der Waals surface area contributed by atoms with Gasteiger partial charge in [-0.3, -0.25) is 14.2 Å². The topological polar surface area (TPSA) is 89.0 Å². The summed E-state index contributed by atoms with van der Waals surface area (Å²) in [6.45, 7) is 0.771. The van der Waals surface area contributed by atoms with Crippen molar-refractivity contribution < 1.29 is 9.53 Å². The van der Waals surface area contributed by atoms with Crippen molar-refractivity contribution in [2.45, 2.75) is 6.54 Å². The van der Waals surface area contributed by atoms with Crippen LogP contribution in [0.2, 0.25) is 0 Å². The molecule has 0 atom stereocenters. The number of methoxy groups -OCH3 is 1. The Kier molecular flexibility index (Phi) is 3.88. The number of hydrogen-bond donors (Lipinski definition) is 2. The number of aromatic nitrogens is 3. The van der Waals surface area contributed by atoms with E-state index in [1.54, 1.807) is 7.11 Å². The van der Waals surface area contributed by atoms with Gasteiger partial charge in [0.15, 0.2) is 0 Å². The van der Waals surface area contributed by atoms with Crippen molar-refractivity contribution in [3.8, 4) is 0 Å². The van der Waals surface area contributed by atoms with E-state index < -0.39 is 0 Å². The summed E-state index contributed by atoms with van der Waals surface area (Å²) < 4.78 is 6.15. The lowest BCUT2D eigenvalue weighted by molar-refractivity contribution is -0.121. The SMILES string of the molecule is COCCNC(=O)Cn1cnc2c([nH]c3ccccc32)c1=O. The van der Waals surface area contributed by atoms with Crippen LogP contribution in [0.25, 0.3) is 21.9 Å². The molecule has 7 nitrogen and oxygen atoms in total. The van der Waals surface area contributed by atoms with Gasteiger partial charge in [0.25, 0.3) is 5.56 Å². The molecule has 114 valence electrons. The van der Waals surface area contributed by atoms with Crippen molar-refractivity contribution in [2.75, 3.05) is 20.3 Å². The molecule has 0 fully saturated rings. The van der Waals surface area contributed by atoms with Crippen LogP contribution >= 0.6 is 0 Å². The third kappa shape index (κ3) is 2.58. The molecule has 0 saturated carbocycles. The van der Waals surface area contributed by atoms with Crippen LogP contribution in [0.3, 0.4) is 0 Å². The van der Waals surface area contributed by atoms with Crippen molar-refractivity contribution >= 4 is 27.8 Å². The normalized spacial score (nSPS) is 11.1. The first-order valence-corrected chi connectivity index (χ1v) is 6.92. The number of carbonyl (C=O) groups excluding carboxylic acids is 1. The lowest BCUT2D eigenvalue weighted by atomic mass is 10.2. The van der Waals surface area contributed by atoms with Crippen LogP contribution in [0.4, 0.5) is 0 Å². The summed E-state index contributed by atoms with van der Waals surface area (Å²) in [4.78, 5) is 31.6. The summed E-state index contributed by atoms with van der Waals surface area (Å²) in [7, 11) is 1.56. The second kappa shape index (κ2) is 5.98. The molecule has 2 N–H and O–H groups in total. The summed E-state index contributed by atoms with van der Waals surface area (Å²) in [5, 5.41) is 3.57.